The van der Waals surface area contributed by atoms with Crippen LogP contribution in [0.1, 0.15) is 28.9 Å². The maximum atomic E-state index is 13.2. The molecule has 0 atom stereocenters. The number of nitrogens with zero attached hydrogens (tertiary/aromatic N) is 4. The molecule has 180 valence electrons. The van der Waals surface area contributed by atoms with Gasteiger partial charge in [-0.15, -0.1) is 0 Å². The number of hydrogen-bond donors (Lipinski definition) is 1. The molecular weight excluding hydrogens is 454 g/mol. The molecule has 0 bridgehead atoms. The Hall–Kier alpha value is -3.37. The molecule has 1 amide bonds. The second-order valence-electron chi connectivity index (χ2n) is 8.29. The Morgan fingerprint density at radius 2 is 1.79 bits per heavy atom. The maximum absolute atomic E-state index is 13.2. The van der Waals surface area contributed by atoms with E-state index in [1.807, 2.05) is 36.5 Å². The number of amides is 1. The number of ether oxygens (including phenoxy) is 1. The van der Waals surface area contributed by atoms with Crippen LogP contribution in [-0.2, 0) is 16.6 Å². The quantitative estimate of drug-likeness (QED) is 0.529. The Morgan fingerprint density at radius 1 is 1.09 bits per heavy atom. The summed E-state index contributed by atoms with van der Waals surface area (Å²) in [5.74, 6) is 0.424. The molecule has 4 rings (SSSR count). The van der Waals surface area contributed by atoms with Gasteiger partial charge in [0.15, 0.2) is 0 Å². The zero-order valence-corrected chi connectivity index (χ0v) is 20.4. The third kappa shape index (κ3) is 4.92. The molecule has 0 saturated carbocycles. The third-order valence-electron chi connectivity index (χ3n) is 5.85. The van der Waals surface area contributed by atoms with Gasteiger partial charge >= 0.3 is 0 Å². The molecule has 0 radical (unpaired) electrons. The van der Waals surface area contributed by atoms with Crippen molar-refractivity contribution in [3.8, 4) is 11.4 Å². The second-order valence-corrected chi connectivity index (χ2v) is 10.4. The van der Waals surface area contributed by atoms with Gasteiger partial charge in [-0.1, -0.05) is 0 Å². The van der Waals surface area contributed by atoms with Crippen LogP contribution in [0.15, 0.2) is 59.6 Å². The number of carbonyl (C=O) groups is 1. The summed E-state index contributed by atoms with van der Waals surface area (Å²) < 4.78 is 33.4. The predicted molar refractivity (Wildman–Crippen MR) is 130 cm³/mol. The number of methoxy groups -OCH3 is 1. The summed E-state index contributed by atoms with van der Waals surface area (Å²) >= 11 is 0. The van der Waals surface area contributed by atoms with E-state index in [0.29, 0.717) is 11.3 Å². The number of benzene rings is 2. The molecule has 34 heavy (non-hydrogen) atoms. The van der Waals surface area contributed by atoms with Crippen molar-refractivity contribution >= 4 is 21.6 Å². The Balaban J connectivity index is 1.54. The van der Waals surface area contributed by atoms with Crippen LogP contribution in [0.5, 0.6) is 5.75 Å². The minimum absolute atomic E-state index is 0.0920. The minimum atomic E-state index is -3.66. The number of aromatic nitrogens is 2. The molecule has 0 spiro atoms. The van der Waals surface area contributed by atoms with Crippen molar-refractivity contribution in [2.75, 3.05) is 39.2 Å². The lowest BCUT2D eigenvalue weighted by atomic mass is 10.1. The van der Waals surface area contributed by atoms with Crippen molar-refractivity contribution < 1.29 is 17.9 Å². The van der Waals surface area contributed by atoms with Crippen LogP contribution in [0, 0.1) is 0 Å². The van der Waals surface area contributed by atoms with E-state index in [1.54, 1.807) is 23.9 Å². The summed E-state index contributed by atoms with van der Waals surface area (Å²) in [5.41, 5.74) is 2.65. The second kappa shape index (κ2) is 9.86. The van der Waals surface area contributed by atoms with Crippen LogP contribution in [0.25, 0.3) is 5.69 Å². The average Bonchev–Trinajstić information content (AvgIpc) is 3.55. The van der Waals surface area contributed by atoms with Gasteiger partial charge in [-0.05, 0) is 61.4 Å². The van der Waals surface area contributed by atoms with E-state index in [2.05, 4.69) is 15.3 Å². The Morgan fingerprint density at radius 3 is 2.44 bits per heavy atom. The predicted octanol–water partition coefficient (Wildman–Crippen LogP) is 2.66. The average molecular weight is 484 g/mol. The van der Waals surface area contributed by atoms with Crippen molar-refractivity contribution in [2.24, 2.45) is 0 Å². The number of anilines is 1. The van der Waals surface area contributed by atoms with Crippen molar-refractivity contribution in [3.63, 3.8) is 0 Å². The summed E-state index contributed by atoms with van der Waals surface area (Å²) in [4.78, 5) is 15.4. The number of nitrogens with one attached hydrogen (secondary N) is 1. The van der Waals surface area contributed by atoms with Gasteiger partial charge in [-0.3, -0.25) is 4.79 Å². The van der Waals surface area contributed by atoms with Gasteiger partial charge in [0.2, 0.25) is 10.0 Å². The van der Waals surface area contributed by atoms with Crippen LogP contribution in [0.3, 0.4) is 0 Å². The zero-order valence-electron chi connectivity index (χ0n) is 19.6. The van der Waals surface area contributed by atoms with Crippen LogP contribution >= 0.6 is 0 Å². The van der Waals surface area contributed by atoms with E-state index in [-0.39, 0.29) is 17.3 Å². The van der Waals surface area contributed by atoms with E-state index in [1.165, 1.54) is 20.2 Å². The largest absolute Gasteiger partial charge is 0.497 e. The fourth-order valence-electron chi connectivity index (χ4n) is 3.90. The van der Waals surface area contributed by atoms with Crippen LogP contribution in [0.2, 0.25) is 0 Å². The smallest absolute Gasteiger partial charge is 0.253 e. The topological polar surface area (TPSA) is 96.8 Å². The molecule has 1 aliphatic rings. The first kappa shape index (κ1) is 23.8. The molecule has 10 heteroatoms. The maximum Gasteiger partial charge on any atom is 0.253 e. The zero-order chi connectivity index (χ0) is 24.3. The van der Waals surface area contributed by atoms with E-state index >= 15 is 0 Å². The van der Waals surface area contributed by atoms with Gasteiger partial charge in [0.05, 0.1) is 35.5 Å². The number of hydrogen-bond acceptors (Lipinski definition) is 6. The van der Waals surface area contributed by atoms with Gasteiger partial charge in [0.1, 0.15) is 5.75 Å². The highest BCUT2D eigenvalue weighted by atomic mass is 32.2. The number of sulfonamides is 1. The first-order chi connectivity index (χ1) is 16.3. The lowest BCUT2D eigenvalue weighted by Crippen LogP contribution is -2.28. The van der Waals surface area contributed by atoms with Gasteiger partial charge in [-0.25, -0.2) is 17.4 Å². The Labute approximate surface area is 200 Å². The summed E-state index contributed by atoms with van der Waals surface area (Å²) in [6.07, 6.45) is 3.91. The summed E-state index contributed by atoms with van der Waals surface area (Å²) in [5, 5.41) is 7.43. The Bertz CT molecular complexity index is 1260. The molecule has 0 aliphatic carbocycles. The summed E-state index contributed by atoms with van der Waals surface area (Å²) in [7, 11) is 0.903. The molecule has 1 fully saturated rings. The summed E-state index contributed by atoms with van der Waals surface area (Å²) in [6, 6.07) is 14.1. The standard InChI is InChI=1S/C24H29N5O4S/c1-27(2)34(31,32)21-10-11-23(28-13-4-5-14-28)22(16-21)24(30)25-17-18-12-15-29(26-18)19-6-8-20(33-3)9-7-19/h6-12,15-16H,4-5,13-14,17H2,1-3H3,(H,25,30). The highest BCUT2D eigenvalue weighted by Crippen LogP contribution is 2.28. The van der Waals surface area contributed by atoms with E-state index in [4.69, 9.17) is 4.74 Å². The Kier molecular flexibility index (Phi) is 6.90. The molecule has 1 aliphatic heterocycles. The summed E-state index contributed by atoms with van der Waals surface area (Å²) in [6.45, 7) is 1.89. The number of rotatable bonds is 8. The minimum Gasteiger partial charge on any atom is -0.497 e. The van der Waals surface area contributed by atoms with E-state index in [9.17, 15) is 13.2 Å². The molecule has 0 unspecified atom stereocenters. The SMILES string of the molecule is COc1ccc(-n2ccc(CNC(=O)c3cc(S(=O)(=O)N(C)C)ccc3N3CCCC3)n2)cc1. The monoisotopic (exact) mass is 483 g/mol. The molecular formula is C24H29N5O4S. The van der Waals surface area contributed by atoms with Crippen LogP contribution < -0.4 is 15.0 Å². The molecule has 2 aromatic carbocycles. The van der Waals surface area contributed by atoms with E-state index < -0.39 is 10.0 Å². The normalized spacial score (nSPS) is 13.9. The van der Waals surface area contributed by atoms with Crippen molar-refractivity contribution in [1.29, 1.82) is 0 Å². The van der Waals surface area contributed by atoms with Crippen LogP contribution in [0.4, 0.5) is 5.69 Å². The van der Waals surface area contributed by atoms with Gasteiger partial charge < -0.3 is 15.0 Å². The first-order valence-corrected chi connectivity index (χ1v) is 12.5. The first-order valence-electron chi connectivity index (χ1n) is 11.1. The van der Waals surface area contributed by atoms with Crippen LogP contribution in [-0.4, -0.2) is 62.7 Å². The van der Waals surface area contributed by atoms with Gasteiger partial charge in [0, 0.05) is 39.1 Å². The fourth-order valence-corrected chi connectivity index (χ4v) is 4.83. The van der Waals surface area contributed by atoms with E-state index in [0.717, 1.165) is 47.4 Å². The lowest BCUT2D eigenvalue weighted by Gasteiger charge is -2.22. The van der Waals surface area contributed by atoms with Crippen molar-refractivity contribution in [1.82, 2.24) is 19.4 Å². The van der Waals surface area contributed by atoms with Gasteiger partial charge in [0.25, 0.3) is 5.91 Å². The van der Waals surface area contributed by atoms with Gasteiger partial charge in [-0.2, -0.15) is 5.10 Å². The fraction of sp³-hybridized carbons (Fsp3) is 0.333. The van der Waals surface area contributed by atoms with Crippen molar-refractivity contribution in [2.45, 2.75) is 24.3 Å². The van der Waals surface area contributed by atoms with Crippen molar-refractivity contribution in [3.05, 3.63) is 66.0 Å². The molecule has 1 saturated heterocycles. The molecule has 1 N–H and O–H groups in total. The lowest BCUT2D eigenvalue weighted by molar-refractivity contribution is 0.0950. The molecule has 3 aromatic rings. The molecule has 9 nitrogen and oxygen atoms in total. The highest BCUT2D eigenvalue weighted by molar-refractivity contribution is 7.89. The highest BCUT2D eigenvalue weighted by Gasteiger charge is 2.24. The molecule has 1 aromatic heterocycles. The molecule has 2 heterocycles. The third-order valence-corrected chi connectivity index (χ3v) is 7.66. The number of carbonyl (C=O) groups excluding carboxylic acids is 1.